The number of nitrogens with zero attached hydrogens (tertiary/aromatic N) is 2. The van der Waals surface area contributed by atoms with E-state index in [1.807, 2.05) is 27.0 Å². The van der Waals surface area contributed by atoms with Crippen molar-refractivity contribution in [3.63, 3.8) is 0 Å². The van der Waals surface area contributed by atoms with Crippen molar-refractivity contribution in [1.29, 1.82) is 0 Å². The summed E-state index contributed by atoms with van der Waals surface area (Å²) >= 11 is 5.01. The number of aromatic nitrogens is 2. The van der Waals surface area contributed by atoms with E-state index in [4.69, 9.17) is 18.0 Å². The molecule has 0 saturated carbocycles. The molecule has 0 amide bonds. The molecule has 2 N–H and O–H groups in total. The molecule has 0 bridgehead atoms. The van der Waals surface area contributed by atoms with E-state index in [0.29, 0.717) is 11.5 Å². The van der Waals surface area contributed by atoms with Crippen LogP contribution >= 0.6 is 12.2 Å². The Morgan fingerprint density at radius 1 is 1.59 bits per heavy atom. The predicted octanol–water partition coefficient (Wildman–Crippen LogP) is 1.64. The first-order valence-corrected chi connectivity index (χ1v) is 6.07. The van der Waals surface area contributed by atoms with Crippen LogP contribution in [0.3, 0.4) is 0 Å². The van der Waals surface area contributed by atoms with Gasteiger partial charge in [0.15, 0.2) is 0 Å². The van der Waals surface area contributed by atoms with E-state index < -0.39 is 0 Å². The van der Waals surface area contributed by atoms with Crippen LogP contribution in [0.1, 0.15) is 32.3 Å². The number of hydrogen-bond donors (Lipinski definition) is 1. The molecule has 4 nitrogen and oxygen atoms in total. The molecule has 1 aromatic rings. The number of thiocarbonyl (C=S) groups is 1. The number of aryl methyl sites for hydroxylation is 2. The Balaban J connectivity index is 2.60. The van der Waals surface area contributed by atoms with E-state index >= 15 is 0 Å². The van der Waals surface area contributed by atoms with Crippen LogP contribution in [-0.2, 0) is 6.54 Å². The highest BCUT2D eigenvalue weighted by molar-refractivity contribution is 7.80. The maximum absolute atomic E-state index is 11.5. The Morgan fingerprint density at radius 3 is 2.82 bits per heavy atom. The van der Waals surface area contributed by atoms with Gasteiger partial charge in [-0.05, 0) is 25.3 Å². The minimum absolute atomic E-state index is 0.157. The van der Waals surface area contributed by atoms with Crippen LogP contribution in [-0.4, -0.2) is 14.5 Å². The molecule has 0 atom stereocenters. The maximum Gasteiger partial charge on any atom is 0.347 e. The first-order valence-electron chi connectivity index (χ1n) is 5.66. The Hall–Kier alpha value is -1.23. The summed E-state index contributed by atoms with van der Waals surface area (Å²) in [5.74, 6) is 0. The second-order valence-corrected chi connectivity index (χ2v) is 5.40. The van der Waals surface area contributed by atoms with Crippen molar-refractivity contribution >= 4 is 17.2 Å². The topological polar surface area (TPSA) is 60.9 Å². The van der Waals surface area contributed by atoms with E-state index in [0.717, 1.165) is 18.4 Å². The minimum Gasteiger partial charge on any atom is -0.393 e. The minimum atomic E-state index is -0.205. The van der Waals surface area contributed by atoms with Crippen molar-refractivity contribution in [3.8, 4) is 0 Å². The average molecular weight is 253 g/mol. The molecule has 0 aliphatic carbocycles. The lowest BCUT2D eigenvalue weighted by molar-refractivity contribution is 0.431. The van der Waals surface area contributed by atoms with Gasteiger partial charge in [0.05, 0.1) is 4.99 Å². The fraction of sp³-hybridized carbons (Fsp3) is 0.583. The number of hydrogen-bond acceptors (Lipinski definition) is 3. The van der Waals surface area contributed by atoms with Crippen LogP contribution in [0.15, 0.2) is 17.2 Å². The quantitative estimate of drug-likeness (QED) is 0.810. The average Bonchev–Trinajstić information content (AvgIpc) is 2.22. The SMILES string of the molecule is Cc1cnc(=O)n(CCCC(C)(C)C(N)=S)c1. The lowest BCUT2D eigenvalue weighted by atomic mass is 9.88. The molecule has 1 heterocycles. The Kier molecular flexibility index (Phi) is 4.40. The molecule has 1 rings (SSSR count). The zero-order valence-corrected chi connectivity index (χ0v) is 11.4. The van der Waals surface area contributed by atoms with Crippen LogP contribution < -0.4 is 11.4 Å². The third kappa shape index (κ3) is 3.93. The normalized spacial score (nSPS) is 11.5. The van der Waals surface area contributed by atoms with E-state index in [2.05, 4.69) is 4.98 Å². The van der Waals surface area contributed by atoms with Gasteiger partial charge in [-0.1, -0.05) is 26.1 Å². The number of rotatable bonds is 5. The fourth-order valence-electron chi connectivity index (χ4n) is 1.54. The second-order valence-electron chi connectivity index (χ2n) is 4.96. The van der Waals surface area contributed by atoms with Gasteiger partial charge in [0, 0.05) is 24.4 Å². The van der Waals surface area contributed by atoms with Gasteiger partial charge in [-0.15, -0.1) is 0 Å². The monoisotopic (exact) mass is 253 g/mol. The van der Waals surface area contributed by atoms with Crippen LogP contribution in [0.4, 0.5) is 0 Å². The molecular formula is C12H19N3OS. The molecule has 94 valence electrons. The molecule has 0 aliphatic heterocycles. The molecule has 0 saturated heterocycles. The third-order valence-corrected chi connectivity index (χ3v) is 3.40. The van der Waals surface area contributed by atoms with Crippen molar-refractivity contribution in [2.75, 3.05) is 0 Å². The molecule has 17 heavy (non-hydrogen) atoms. The van der Waals surface area contributed by atoms with Crippen LogP contribution in [0.2, 0.25) is 0 Å². The van der Waals surface area contributed by atoms with Crippen LogP contribution in [0.5, 0.6) is 0 Å². The van der Waals surface area contributed by atoms with Crippen LogP contribution in [0.25, 0.3) is 0 Å². The third-order valence-electron chi connectivity index (χ3n) is 2.85. The Labute approximate surface area is 107 Å². The van der Waals surface area contributed by atoms with Gasteiger partial charge in [-0.25, -0.2) is 9.78 Å². The van der Waals surface area contributed by atoms with E-state index in [1.54, 1.807) is 10.8 Å². The van der Waals surface area contributed by atoms with E-state index in [-0.39, 0.29) is 11.1 Å². The predicted molar refractivity (Wildman–Crippen MR) is 73.0 cm³/mol. The fourth-order valence-corrected chi connectivity index (χ4v) is 1.64. The van der Waals surface area contributed by atoms with Gasteiger partial charge in [0.1, 0.15) is 0 Å². The van der Waals surface area contributed by atoms with Gasteiger partial charge in [-0.2, -0.15) is 0 Å². The van der Waals surface area contributed by atoms with Crippen molar-refractivity contribution in [2.45, 2.75) is 40.2 Å². The maximum atomic E-state index is 11.5. The van der Waals surface area contributed by atoms with Crippen molar-refractivity contribution in [1.82, 2.24) is 9.55 Å². The molecular weight excluding hydrogens is 234 g/mol. The largest absolute Gasteiger partial charge is 0.393 e. The molecule has 0 aliphatic rings. The molecule has 5 heteroatoms. The van der Waals surface area contributed by atoms with Gasteiger partial charge < -0.3 is 5.73 Å². The van der Waals surface area contributed by atoms with Crippen molar-refractivity contribution in [2.24, 2.45) is 11.1 Å². The van der Waals surface area contributed by atoms with Crippen molar-refractivity contribution < 1.29 is 0 Å². The standard InChI is InChI=1S/C12H19N3OS/c1-9-7-14-11(16)15(8-9)6-4-5-12(2,3)10(13)17/h7-8H,4-6H2,1-3H3,(H2,13,17). The highest BCUT2D eigenvalue weighted by Gasteiger charge is 2.20. The van der Waals surface area contributed by atoms with Gasteiger partial charge >= 0.3 is 5.69 Å². The zero-order valence-electron chi connectivity index (χ0n) is 10.6. The van der Waals surface area contributed by atoms with Gasteiger partial charge in [0.25, 0.3) is 0 Å². The summed E-state index contributed by atoms with van der Waals surface area (Å²) in [5.41, 5.74) is 6.28. The second kappa shape index (κ2) is 5.40. The zero-order chi connectivity index (χ0) is 13.1. The molecule has 0 unspecified atom stereocenters. The molecule has 1 aromatic heterocycles. The first-order chi connectivity index (χ1) is 7.83. The summed E-state index contributed by atoms with van der Waals surface area (Å²) < 4.78 is 1.63. The Bertz CT molecular complexity index is 465. The molecule has 0 spiro atoms. The summed E-state index contributed by atoms with van der Waals surface area (Å²) in [7, 11) is 0. The summed E-state index contributed by atoms with van der Waals surface area (Å²) in [4.78, 5) is 15.8. The van der Waals surface area contributed by atoms with E-state index in [1.165, 1.54) is 0 Å². The lowest BCUT2D eigenvalue weighted by Crippen LogP contribution is -2.30. The summed E-state index contributed by atoms with van der Waals surface area (Å²) in [6.07, 6.45) is 5.12. The summed E-state index contributed by atoms with van der Waals surface area (Å²) in [6.45, 7) is 6.61. The summed E-state index contributed by atoms with van der Waals surface area (Å²) in [5, 5.41) is 0. The lowest BCUT2D eigenvalue weighted by Gasteiger charge is -2.22. The summed E-state index contributed by atoms with van der Waals surface area (Å²) in [6, 6.07) is 0. The molecule has 0 aromatic carbocycles. The highest BCUT2D eigenvalue weighted by Crippen LogP contribution is 2.22. The van der Waals surface area contributed by atoms with Gasteiger partial charge in [0.2, 0.25) is 0 Å². The van der Waals surface area contributed by atoms with Gasteiger partial charge in [-0.3, -0.25) is 4.57 Å². The first kappa shape index (κ1) is 13.8. The van der Waals surface area contributed by atoms with Crippen molar-refractivity contribution in [3.05, 3.63) is 28.4 Å². The van der Waals surface area contributed by atoms with Crippen LogP contribution in [0, 0.1) is 12.3 Å². The van der Waals surface area contributed by atoms with E-state index in [9.17, 15) is 4.79 Å². The molecule has 0 fully saturated rings. The number of nitrogens with two attached hydrogens (primary N) is 1. The molecule has 0 radical (unpaired) electrons. The Morgan fingerprint density at radius 2 is 2.24 bits per heavy atom. The highest BCUT2D eigenvalue weighted by atomic mass is 32.1. The smallest absolute Gasteiger partial charge is 0.347 e.